The molecule has 7 aromatic heterocycles. The maximum absolute atomic E-state index is 12.8. The molecule has 0 saturated heterocycles. The van der Waals surface area contributed by atoms with Gasteiger partial charge >= 0.3 is 30.1 Å². The first kappa shape index (κ1) is 68.0. The van der Waals surface area contributed by atoms with Crippen LogP contribution in [0.2, 0.25) is 0 Å². The maximum atomic E-state index is 12.8. The molecule has 11 aromatic rings. The van der Waals surface area contributed by atoms with E-state index in [0.717, 1.165) is 49.5 Å². The average molecular weight is 1300 g/mol. The van der Waals surface area contributed by atoms with Crippen molar-refractivity contribution < 1.29 is 77.2 Å². The number of carboxylic acid groups (broad SMARTS) is 2. The number of hydrogen-bond donors (Lipinski definition) is 4. The molecule has 0 aliphatic carbocycles. The third-order valence-corrected chi connectivity index (χ3v) is 14.8. The number of aromatic nitrogens is 7. The molecule has 4 aromatic carbocycles. The molecule has 25 nitrogen and oxygen atoms in total. The number of amides is 2. The number of aromatic carboxylic acids is 2. The highest BCUT2D eigenvalue weighted by Crippen LogP contribution is 2.28. The van der Waals surface area contributed by atoms with E-state index >= 15 is 0 Å². The highest BCUT2D eigenvalue weighted by atomic mass is 32.1. The zero-order valence-corrected chi connectivity index (χ0v) is 53.3. The topological polar surface area (TPSA) is 327 Å². The lowest BCUT2D eigenvalue weighted by molar-refractivity contribution is -0.0756. The van der Waals surface area contributed by atoms with E-state index < -0.39 is 47.1 Å². The van der Waals surface area contributed by atoms with Gasteiger partial charge in [0, 0.05) is 87.6 Å². The van der Waals surface area contributed by atoms with Gasteiger partial charge in [0.25, 0.3) is 11.8 Å². The fraction of sp³-hybridized carbons (Fsp3) is 0.206. The molecular formula is C63H61N9O16S3. The van der Waals surface area contributed by atoms with Gasteiger partial charge in [-0.2, -0.15) is 0 Å². The van der Waals surface area contributed by atoms with Crippen molar-refractivity contribution >= 4 is 131 Å². The van der Waals surface area contributed by atoms with Gasteiger partial charge in [-0.05, 0) is 65.8 Å². The summed E-state index contributed by atoms with van der Waals surface area (Å²) in [4.78, 5) is 134. The zero-order valence-electron chi connectivity index (χ0n) is 50.8. The van der Waals surface area contributed by atoms with Gasteiger partial charge in [-0.15, -0.1) is 34.0 Å². The monoisotopic (exact) mass is 1300 g/mol. The number of H-pyrrole nitrogens is 2. The van der Waals surface area contributed by atoms with Gasteiger partial charge in [-0.25, -0.2) is 49.1 Å². The lowest BCUT2D eigenvalue weighted by Crippen LogP contribution is -2.27. The van der Waals surface area contributed by atoms with Crippen molar-refractivity contribution in [1.29, 1.82) is 0 Å². The van der Waals surface area contributed by atoms with Crippen molar-refractivity contribution in [3.63, 3.8) is 0 Å². The quantitative estimate of drug-likeness (QED) is 0.0404. The minimum absolute atomic E-state index is 0.0505. The number of ketones is 2. The highest BCUT2D eigenvalue weighted by Gasteiger charge is 2.27. The Morgan fingerprint density at radius 2 is 0.912 bits per heavy atom. The van der Waals surface area contributed by atoms with Crippen LogP contribution in [0.4, 0.5) is 9.59 Å². The molecule has 0 aliphatic rings. The number of nitrogens with one attached hydrogen (secondary N) is 2. The highest BCUT2D eigenvalue weighted by molar-refractivity contribution is 7.12. The van der Waals surface area contributed by atoms with Gasteiger partial charge in [0.05, 0.1) is 60.1 Å². The lowest BCUT2D eigenvalue weighted by atomic mass is 10.1. The number of hydroxylamine groups is 4. The summed E-state index contributed by atoms with van der Waals surface area (Å²) < 4.78 is 18.0. The van der Waals surface area contributed by atoms with Crippen molar-refractivity contribution in [1.82, 2.24) is 44.2 Å². The summed E-state index contributed by atoms with van der Waals surface area (Å²) in [5, 5.41) is 27.1. The minimum Gasteiger partial charge on any atom is -0.476 e. The van der Waals surface area contributed by atoms with Crippen LogP contribution in [0.1, 0.15) is 124 Å². The molecule has 11 rings (SSSR count). The lowest BCUT2D eigenvalue weighted by Gasteiger charge is -2.19. The molecule has 2 amide bonds. The van der Waals surface area contributed by atoms with Crippen LogP contribution in [0.3, 0.4) is 0 Å². The first-order chi connectivity index (χ1) is 43.2. The molecule has 91 heavy (non-hydrogen) atoms. The number of carbonyl (C=O) groups excluding carboxylic acids is 7. The second-order valence-electron chi connectivity index (χ2n) is 21.0. The Hall–Kier alpha value is -10.5. The summed E-state index contributed by atoms with van der Waals surface area (Å²) in [5.41, 5.74) is 5.07. The number of carboxylic acids is 2. The molecule has 0 fully saturated rings. The second kappa shape index (κ2) is 29.7. The summed E-state index contributed by atoms with van der Waals surface area (Å²) in [5.74, 6) is -3.85. The van der Waals surface area contributed by atoms with E-state index in [0.29, 0.717) is 38.5 Å². The zero-order chi connectivity index (χ0) is 66.5. The van der Waals surface area contributed by atoms with Crippen molar-refractivity contribution in [3.8, 4) is 0 Å². The number of esters is 1. The van der Waals surface area contributed by atoms with E-state index in [1.165, 1.54) is 88.0 Å². The Morgan fingerprint density at radius 3 is 1.35 bits per heavy atom. The number of hydrogen-bond acceptors (Lipinski definition) is 20. The van der Waals surface area contributed by atoms with Gasteiger partial charge in [0.15, 0.2) is 27.1 Å². The molecule has 7 heterocycles. The molecule has 0 unspecified atom stereocenters. The van der Waals surface area contributed by atoms with Gasteiger partial charge in [-0.1, -0.05) is 72.8 Å². The molecule has 472 valence electrons. The van der Waals surface area contributed by atoms with E-state index in [4.69, 9.17) is 29.4 Å². The van der Waals surface area contributed by atoms with Crippen LogP contribution in [-0.2, 0) is 23.9 Å². The average Bonchev–Trinajstić information content (AvgIpc) is 1.69. The second-order valence-corrected chi connectivity index (χ2v) is 23.4. The summed E-state index contributed by atoms with van der Waals surface area (Å²) >= 11 is 3.36. The Balaban J connectivity index is 0.000000167. The Bertz CT molecular complexity index is 4460. The molecule has 28 heteroatoms. The Morgan fingerprint density at radius 1 is 0.505 bits per heavy atom. The Kier molecular flexibility index (Phi) is 22.2. The van der Waals surface area contributed by atoms with Crippen LogP contribution in [0.25, 0.3) is 43.6 Å². The van der Waals surface area contributed by atoms with Gasteiger partial charge in [-0.3, -0.25) is 38.0 Å². The Labute approximate surface area is 530 Å². The number of nitrogens with zero attached hydrogens (tertiary/aromatic N) is 7. The van der Waals surface area contributed by atoms with Crippen LogP contribution in [0.15, 0.2) is 143 Å². The third kappa shape index (κ3) is 16.8. The van der Waals surface area contributed by atoms with Crippen LogP contribution >= 0.6 is 34.0 Å². The number of rotatable bonds is 11. The SMILES string of the molecule is CC(C)(C)OC(=O)n1cc(C(=O)c2nc(C(=O)O)cs2)c2ccccc21.COC(=O)c1csc(C(=O)c2c[nH]c3ccccc23)n1.CON(C)C(=O)c1c[nH]c2ccccc12.CON(C)C(=O)c1cn(C(=O)OC(C)(C)C)c2ccccc12.O=C(O)c1cscn1. The van der Waals surface area contributed by atoms with Gasteiger partial charge in [0.1, 0.15) is 11.2 Å². The standard InChI is InChI=1S/C18H16N2O5S.C16H20N2O4.C14H10N2O3S.C11H12N2O2.C4H3NO2S/c1-18(2,3)25-17(24)20-8-11(10-6-4-5-7-13(10)20)14(21)15-19-12(9-26-15)16(22)23;1-16(2,3)22-15(20)18-10-12(14(19)17(4)21-5)11-8-6-7-9-13(11)18;1-19-14(18)11-7-20-13(16-11)12(17)9-6-15-10-5-3-2-4-8(9)10;1-13(15-2)11(14)9-7-12-10-6-4-3-5-8(9)10;6-4(7)3-1-8-2-5-3/h4-9H,1-3H3,(H,22,23);6-10H,1-5H3;2-7,15H,1H3;3-7,12H,1-2H3;1-2H,(H,6,7). The molecule has 0 saturated carbocycles. The smallest absolute Gasteiger partial charge is 0.419 e. The van der Waals surface area contributed by atoms with Crippen LogP contribution in [0.5, 0.6) is 0 Å². The van der Waals surface area contributed by atoms with Gasteiger partial charge < -0.3 is 34.4 Å². The van der Waals surface area contributed by atoms with E-state index in [1.54, 1.807) is 103 Å². The van der Waals surface area contributed by atoms with Gasteiger partial charge in [0.2, 0.25) is 11.6 Å². The number of benzene rings is 4. The fourth-order valence-electron chi connectivity index (χ4n) is 8.25. The van der Waals surface area contributed by atoms with E-state index in [-0.39, 0.29) is 50.3 Å². The number of aromatic amines is 2. The normalized spacial score (nSPS) is 10.9. The first-order valence-electron chi connectivity index (χ1n) is 27.0. The summed E-state index contributed by atoms with van der Waals surface area (Å²) in [7, 11) is 7.26. The van der Waals surface area contributed by atoms with Crippen LogP contribution in [-0.4, -0.2) is 154 Å². The summed E-state index contributed by atoms with van der Waals surface area (Å²) in [6.45, 7) is 10.6. The van der Waals surface area contributed by atoms with E-state index in [2.05, 4.69) is 29.7 Å². The van der Waals surface area contributed by atoms with Crippen molar-refractivity contribution in [2.24, 2.45) is 0 Å². The number of ether oxygens (including phenoxy) is 3. The number of para-hydroxylation sites is 4. The summed E-state index contributed by atoms with van der Waals surface area (Å²) in [6.07, 6.45) is 5.12. The first-order valence-corrected chi connectivity index (χ1v) is 29.7. The van der Waals surface area contributed by atoms with Crippen molar-refractivity contribution in [3.05, 3.63) is 193 Å². The van der Waals surface area contributed by atoms with Crippen molar-refractivity contribution in [2.75, 3.05) is 35.4 Å². The largest absolute Gasteiger partial charge is 0.476 e. The van der Waals surface area contributed by atoms with Crippen LogP contribution in [0, 0.1) is 0 Å². The molecule has 0 radical (unpaired) electrons. The predicted octanol–water partition coefficient (Wildman–Crippen LogP) is 12.2. The predicted molar refractivity (Wildman–Crippen MR) is 340 cm³/mol. The third-order valence-electron chi connectivity index (χ3n) is 12.5. The number of thiazole rings is 3. The summed E-state index contributed by atoms with van der Waals surface area (Å²) in [6, 6.07) is 29.3. The number of methoxy groups -OCH3 is 1. The number of fused-ring (bicyclic) bond motifs is 4. The van der Waals surface area contributed by atoms with E-state index in [9.17, 15) is 43.2 Å². The molecule has 0 atom stereocenters. The minimum atomic E-state index is -1.20. The molecule has 0 aliphatic heterocycles. The van der Waals surface area contributed by atoms with E-state index in [1.807, 2.05) is 54.6 Å². The molecule has 0 bridgehead atoms. The maximum Gasteiger partial charge on any atom is 0.419 e. The fourth-order valence-corrected chi connectivity index (χ4v) is 10.3. The molecule has 4 N–H and O–H groups in total. The van der Waals surface area contributed by atoms with Crippen LogP contribution < -0.4 is 0 Å². The number of carbonyl (C=O) groups is 9. The molecular weight excluding hydrogens is 1230 g/mol. The van der Waals surface area contributed by atoms with Crippen molar-refractivity contribution in [2.45, 2.75) is 52.7 Å². The molecule has 0 spiro atoms.